The fourth-order valence-electron chi connectivity index (χ4n) is 5.69. The molecular formula is C29H41N3O4. The molecule has 2 saturated heterocycles. The van der Waals surface area contributed by atoms with Crippen molar-refractivity contribution in [3.05, 3.63) is 48.0 Å². The molecule has 7 heteroatoms. The first-order valence-electron chi connectivity index (χ1n) is 13.5. The number of hydrogen-bond acceptors (Lipinski definition) is 4. The second-order valence-electron chi connectivity index (χ2n) is 11.1. The fourth-order valence-corrected chi connectivity index (χ4v) is 5.69. The summed E-state index contributed by atoms with van der Waals surface area (Å²) >= 11 is 0. The molecule has 4 rings (SSSR count). The first-order chi connectivity index (χ1) is 17.4. The van der Waals surface area contributed by atoms with Gasteiger partial charge in [-0.05, 0) is 43.6 Å². The average Bonchev–Trinajstić information content (AvgIpc) is 2.87. The fraction of sp³-hybridized carbons (Fsp3) is 0.621. The zero-order valence-corrected chi connectivity index (χ0v) is 21.7. The second kappa shape index (κ2) is 12.0. The van der Waals surface area contributed by atoms with Crippen LogP contribution in [-0.2, 0) is 25.5 Å². The van der Waals surface area contributed by atoms with Gasteiger partial charge in [-0.15, -0.1) is 0 Å². The predicted octanol–water partition coefficient (Wildman–Crippen LogP) is 3.24. The number of hydrogen-bond donors (Lipinski definition) is 2. The maximum absolute atomic E-state index is 13.6. The van der Waals surface area contributed by atoms with Crippen LogP contribution in [0.3, 0.4) is 0 Å². The number of fused-ring (bicyclic) bond motifs is 1. The molecular weight excluding hydrogens is 454 g/mol. The van der Waals surface area contributed by atoms with E-state index in [1.165, 1.54) is 0 Å². The summed E-state index contributed by atoms with van der Waals surface area (Å²) in [6.45, 7) is 6.53. The lowest BCUT2D eigenvalue weighted by Gasteiger charge is -2.40. The highest BCUT2D eigenvalue weighted by molar-refractivity contribution is 5.90. The van der Waals surface area contributed by atoms with Crippen LogP contribution < -0.4 is 10.6 Å². The molecule has 3 aliphatic heterocycles. The third-order valence-electron chi connectivity index (χ3n) is 7.95. The average molecular weight is 496 g/mol. The molecule has 3 amide bonds. The van der Waals surface area contributed by atoms with E-state index in [-0.39, 0.29) is 29.7 Å². The quantitative estimate of drug-likeness (QED) is 0.628. The van der Waals surface area contributed by atoms with E-state index in [1.807, 2.05) is 35.2 Å². The topological polar surface area (TPSA) is 87.7 Å². The lowest BCUT2D eigenvalue weighted by atomic mass is 9.75. The number of nitrogens with zero attached hydrogens (tertiary/aromatic N) is 1. The Hall–Kier alpha value is -2.67. The van der Waals surface area contributed by atoms with E-state index in [0.29, 0.717) is 64.3 Å². The van der Waals surface area contributed by atoms with E-state index in [1.54, 1.807) is 0 Å². The molecule has 2 fully saturated rings. The Balaban J connectivity index is 1.58. The summed E-state index contributed by atoms with van der Waals surface area (Å²) in [6.07, 6.45) is 8.69. The van der Waals surface area contributed by atoms with Crippen LogP contribution >= 0.6 is 0 Å². The van der Waals surface area contributed by atoms with Gasteiger partial charge in [-0.1, -0.05) is 56.3 Å². The Morgan fingerprint density at radius 2 is 1.86 bits per heavy atom. The van der Waals surface area contributed by atoms with E-state index in [9.17, 15) is 14.4 Å². The van der Waals surface area contributed by atoms with Gasteiger partial charge in [0.25, 0.3) is 0 Å². The first kappa shape index (κ1) is 26.4. The van der Waals surface area contributed by atoms with Crippen LogP contribution in [0.25, 0.3) is 0 Å². The van der Waals surface area contributed by atoms with Gasteiger partial charge in [0.2, 0.25) is 17.7 Å². The van der Waals surface area contributed by atoms with E-state index >= 15 is 0 Å². The summed E-state index contributed by atoms with van der Waals surface area (Å²) in [5.41, 5.74) is 0.450. The van der Waals surface area contributed by atoms with Crippen molar-refractivity contribution in [2.75, 3.05) is 26.3 Å². The Bertz CT molecular complexity index is 939. The Morgan fingerprint density at radius 3 is 2.58 bits per heavy atom. The minimum atomic E-state index is -0.649. The highest BCUT2D eigenvalue weighted by Gasteiger charge is 2.41. The lowest BCUT2D eigenvalue weighted by molar-refractivity contribution is -0.140. The number of ether oxygens (including phenoxy) is 1. The molecule has 0 aliphatic carbocycles. The molecule has 36 heavy (non-hydrogen) atoms. The number of amides is 3. The summed E-state index contributed by atoms with van der Waals surface area (Å²) in [4.78, 5) is 42.0. The number of piperidine rings is 1. The smallest absolute Gasteiger partial charge is 0.243 e. The van der Waals surface area contributed by atoms with Crippen LogP contribution in [0.4, 0.5) is 0 Å². The molecule has 0 saturated carbocycles. The highest BCUT2D eigenvalue weighted by Crippen LogP contribution is 2.36. The van der Waals surface area contributed by atoms with Crippen molar-refractivity contribution in [2.45, 2.75) is 70.9 Å². The van der Waals surface area contributed by atoms with Crippen molar-refractivity contribution in [3.63, 3.8) is 0 Å². The van der Waals surface area contributed by atoms with E-state index in [0.717, 1.165) is 18.4 Å². The number of carbonyl (C=O) groups is 3. The van der Waals surface area contributed by atoms with Gasteiger partial charge >= 0.3 is 0 Å². The van der Waals surface area contributed by atoms with E-state index < -0.39 is 11.5 Å². The molecule has 7 nitrogen and oxygen atoms in total. The molecule has 0 unspecified atom stereocenters. The van der Waals surface area contributed by atoms with Crippen LogP contribution in [0.1, 0.15) is 57.9 Å². The van der Waals surface area contributed by atoms with Crippen LogP contribution in [0.2, 0.25) is 0 Å². The monoisotopic (exact) mass is 495 g/mol. The summed E-state index contributed by atoms with van der Waals surface area (Å²) in [6, 6.07) is 9.16. The minimum Gasteiger partial charge on any atom is -0.381 e. The van der Waals surface area contributed by atoms with Crippen molar-refractivity contribution >= 4 is 17.7 Å². The predicted molar refractivity (Wildman–Crippen MR) is 139 cm³/mol. The van der Waals surface area contributed by atoms with Gasteiger partial charge in [-0.2, -0.15) is 0 Å². The number of nitrogens with one attached hydrogen (secondary N) is 2. The number of rotatable bonds is 4. The largest absolute Gasteiger partial charge is 0.381 e. The number of carbonyl (C=O) groups excluding carboxylic acids is 3. The zero-order valence-electron chi connectivity index (χ0n) is 21.7. The van der Waals surface area contributed by atoms with Crippen LogP contribution in [0, 0.1) is 17.3 Å². The molecule has 1 aromatic rings. The zero-order chi connectivity index (χ0) is 25.5. The minimum absolute atomic E-state index is 0.0307. The van der Waals surface area contributed by atoms with Gasteiger partial charge in [-0.25, -0.2) is 0 Å². The van der Waals surface area contributed by atoms with Crippen molar-refractivity contribution in [2.24, 2.45) is 17.3 Å². The maximum Gasteiger partial charge on any atom is 0.243 e. The third-order valence-corrected chi connectivity index (χ3v) is 7.95. The summed E-state index contributed by atoms with van der Waals surface area (Å²) in [5.74, 6) is 0.464. The molecule has 2 N–H and O–H groups in total. The molecule has 3 heterocycles. The van der Waals surface area contributed by atoms with Crippen LogP contribution in [-0.4, -0.2) is 61.0 Å². The molecule has 1 aromatic carbocycles. The maximum atomic E-state index is 13.6. The molecule has 3 aliphatic rings. The summed E-state index contributed by atoms with van der Waals surface area (Å²) in [7, 11) is 0. The van der Waals surface area contributed by atoms with E-state index in [4.69, 9.17) is 4.74 Å². The standard InChI is InChI=1S/C29H41N3O4/c1-21(2)18-26(33)32-15-11-24-23(20-32)10-6-7-12-29(13-16-36-17-14-29)28(35)31-25(27(34)30-24)19-22-8-4-3-5-9-22/h3-9,21,23-25H,10-20H2,1-2H3,(H,30,34)(H,31,35)/b7-6+/t23-,24+,25-/m1/s1. The summed E-state index contributed by atoms with van der Waals surface area (Å²) < 4.78 is 5.57. The van der Waals surface area contributed by atoms with E-state index in [2.05, 4.69) is 36.6 Å². The van der Waals surface area contributed by atoms with Gasteiger partial charge in [0.15, 0.2) is 0 Å². The highest BCUT2D eigenvalue weighted by atomic mass is 16.5. The number of likely N-dealkylation sites (tertiary alicyclic amines) is 1. The van der Waals surface area contributed by atoms with Crippen molar-refractivity contribution in [1.82, 2.24) is 15.5 Å². The summed E-state index contributed by atoms with van der Waals surface area (Å²) in [5, 5.41) is 6.40. The first-order valence-corrected chi connectivity index (χ1v) is 13.5. The van der Waals surface area contributed by atoms with Crippen LogP contribution in [0.5, 0.6) is 0 Å². The molecule has 0 bridgehead atoms. The van der Waals surface area contributed by atoms with Gasteiger partial charge in [-0.3, -0.25) is 14.4 Å². The van der Waals surface area contributed by atoms with Crippen molar-refractivity contribution in [1.29, 1.82) is 0 Å². The number of allylic oxidation sites excluding steroid dienone is 2. The number of benzene rings is 1. The molecule has 0 aromatic heterocycles. The van der Waals surface area contributed by atoms with Gasteiger partial charge < -0.3 is 20.3 Å². The lowest BCUT2D eigenvalue weighted by Crippen LogP contribution is -2.58. The SMILES string of the molecule is CC(C)CC(=O)N1CC[C@@H]2NC(=O)[C@@H](Cc3ccccc3)NC(=O)C3(C/C=C/C[C@@H]2C1)CCOCC3. The van der Waals surface area contributed by atoms with Gasteiger partial charge in [0.05, 0.1) is 5.41 Å². The molecule has 3 atom stereocenters. The normalized spacial score (nSPS) is 27.9. The second-order valence-corrected chi connectivity index (χ2v) is 11.1. The Morgan fingerprint density at radius 1 is 1.11 bits per heavy atom. The van der Waals surface area contributed by atoms with Crippen molar-refractivity contribution in [3.8, 4) is 0 Å². The molecule has 1 spiro atoms. The molecule has 0 radical (unpaired) electrons. The Labute approximate surface area is 215 Å². The van der Waals surface area contributed by atoms with Gasteiger partial charge in [0.1, 0.15) is 6.04 Å². The van der Waals surface area contributed by atoms with Crippen LogP contribution in [0.15, 0.2) is 42.5 Å². The van der Waals surface area contributed by atoms with Gasteiger partial charge in [0, 0.05) is 51.1 Å². The van der Waals surface area contributed by atoms with Crippen molar-refractivity contribution < 1.29 is 19.1 Å². The molecule has 196 valence electrons. The Kier molecular flexibility index (Phi) is 8.83. The third kappa shape index (κ3) is 6.55.